The molecule has 0 amide bonds. The third-order valence-corrected chi connectivity index (χ3v) is 10.6. The van der Waals surface area contributed by atoms with Gasteiger partial charge >= 0.3 is 0 Å². The summed E-state index contributed by atoms with van der Waals surface area (Å²) in [5.74, 6) is 0.915. The van der Waals surface area contributed by atoms with Gasteiger partial charge in [0.25, 0.3) is 0 Å². The lowest BCUT2D eigenvalue weighted by atomic mass is 9.65. The third-order valence-electron chi connectivity index (χ3n) is 10.6. The van der Waals surface area contributed by atoms with Crippen LogP contribution in [-0.2, 0) is 0 Å². The van der Waals surface area contributed by atoms with E-state index in [0.717, 1.165) is 12.8 Å². The molecule has 0 aromatic heterocycles. The Labute approximate surface area is 252 Å². The van der Waals surface area contributed by atoms with Crippen LogP contribution < -0.4 is 0 Å². The number of allylic oxidation sites excluding steroid dienone is 20. The summed E-state index contributed by atoms with van der Waals surface area (Å²) in [6, 6.07) is 4.80. The summed E-state index contributed by atoms with van der Waals surface area (Å²) in [6.07, 6.45) is 40.9. The molecule has 2 unspecified atom stereocenters. The Morgan fingerprint density at radius 1 is 0.667 bits per heavy atom. The standard InChI is InChI=1S/C42H42/c1-42(2,3)37-25-35-18-13-30-19-21-38(39-22-20-36(26-37)40(35)41(30)39)34-17-16-32-23-31(14-15-33(32)24-34)29-11-9-28(10-12-29)27-7-5-4-6-8-27/h4-5,7,9,11,13,18-26,35,40H,6,8,10,12,14-17H2,1-3H3. The Kier molecular flexibility index (Phi) is 6.18. The zero-order valence-electron chi connectivity index (χ0n) is 25.5. The van der Waals surface area contributed by atoms with Crippen molar-refractivity contribution in [3.8, 4) is 0 Å². The van der Waals surface area contributed by atoms with E-state index in [1.54, 1.807) is 39.0 Å². The van der Waals surface area contributed by atoms with E-state index in [-0.39, 0.29) is 5.41 Å². The molecule has 8 rings (SSSR count). The van der Waals surface area contributed by atoms with E-state index < -0.39 is 0 Å². The van der Waals surface area contributed by atoms with Crippen LogP contribution in [0.4, 0.5) is 0 Å². The largest absolute Gasteiger partial charge is 0.0842 e. The fourth-order valence-electron chi connectivity index (χ4n) is 8.25. The van der Waals surface area contributed by atoms with Gasteiger partial charge in [0.15, 0.2) is 0 Å². The number of rotatable bonds is 3. The van der Waals surface area contributed by atoms with Crippen LogP contribution in [0, 0.1) is 11.3 Å². The van der Waals surface area contributed by atoms with Crippen LogP contribution in [0.3, 0.4) is 0 Å². The van der Waals surface area contributed by atoms with E-state index in [1.807, 2.05) is 0 Å². The molecule has 0 radical (unpaired) electrons. The summed E-state index contributed by atoms with van der Waals surface area (Å²) in [4.78, 5) is 0. The second-order valence-corrected chi connectivity index (χ2v) is 14.2. The van der Waals surface area contributed by atoms with Crippen molar-refractivity contribution in [2.24, 2.45) is 11.3 Å². The molecule has 0 N–H and O–H groups in total. The molecule has 7 aliphatic carbocycles. The summed E-state index contributed by atoms with van der Waals surface area (Å²) in [6.45, 7) is 7.01. The Hall–Kier alpha value is -3.64. The Morgan fingerprint density at radius 2 is 1.38 bits per heavy atom. The highest BCUT2D eigenvalue weighted by molar-refractivity contribution is 5.85. The molecular formula is C42H42. The van der Waals surface area contributed by atoms with E-state index >= 15 is 0 Å². The molecular weight excluding hydrogens is 504 g/mol. The van der Waals surface area contributed by atoms with Crippen molar-refractivity contribution in [1.82, 2.24) is 0 Å². The summed E-state index contributed by atoms with van der Waals surface area (Å²) >= 11 is 0. The first-order valence-electron chi connectivity index (χ1n) is 16.3. The van der Waals surface area contributed by atoms with Crippen LogP contribution in [0.15, 0.2) is 124 Å². The van der Waals surface area contributed by atoms with Gasteiger partial charge in [-0.3, -0.25) is 0 Å². The van der Waals surface area contributed by atoms with Crippen molar-refractivity contribution < 1.29 is 0 Å². The summed E-state index contributed by atoms with van der Waals surface area (Å²) < 4.78 is 0. The molecule has 0 heterocycles. The quantitative estimate of drug-likeness (QED) is 0.354. The van der Waals surface area contributed by atoms with Gasteiger partial charge < -0.3 is 0 Å². The fraction of sp³-hybridized carbons (Fsp3) is 0.333. The molecule has 0 heteroatoms. The molecule has 0 nitrogen and oxygen atoms in total. The van der Waals surface area contributed by atoms with E-state index in [9.17, 15) is 0 Å². The normalized spacial score (nSPS) is 25.8. The topological polar surface area (TPSA) is 0 Å². The first-order chi connectivity index (χ1) is 20.4. The molecule has 210 valence electrons. The second kappa shape index (κ2) is 9.98. The first-order valence-corrected chi connectivity index (χ1v) is 16.3. The minimum absolute atomic E-state index is 0.173. The van der Waals surface area contributed by atoms with Crippen molar-refractivity contribution in [2.45, 2.75) is 78.1 Å². The summed E-state index contributed by atoms with van der Waals surface area (Å²) in [5.41, 5.74) is 20.0. The summed E-state index contributed by atoms with van der Waals surface area (Å²) in [5, 5.41) is 0. The van der Waals surface area contributed by atoms with Crippen molar-refractivity contribution >= 4 is 17.7 Å². The smallest absolute Gasteiger partial charge is 0.0199 e. The molecule has 2 atom stereocenters. The van der Waals surface area contributed by atoms with Crippen LogP contribution in [-0.4, -0.2) is 0 Å². The number of hydrogen-bond donors (Lipinski definition) is 0. The van der Waals surface area contributed by atoms with Gasteiger partial charge in [-0.25, -0.2) is 0 Å². The molecule has 0 fully saturated rings. The van der Waals surface area contributed by atoms with E-state index in [4.69, 9.17) is 0 Å². The lowest BCUT2D eigenvalue weighted by Crippen LogP contribution is -2.24. The Morgan fingerprint density at radius 3 is 2.12 bits per heavy atom. The fourth-order valence-corrected chi connectivity index (χ4v) is 8.25. The lowest BCUT2D eigenvalue weighted by molar-refractivity contribution is 0.499. The molecule has 0 saturated carbocycles. The summed E-state index contributed by atoms with van der Waals surface area (Å²) in [7, 11) is 0. The molecule has 1 aromatic rings. The highest BCUT2D eigenvalue weighted by atomic mass is 14.4. The Balaban J connectivity index is 1.10. The Bertz CT molecular complexity index is 1730. The average Bonchev–Trinajstić information content (AvgIpc) is 3.03. The second-order valence-electron chi connectivity index (χ2n) is 14.2. The molecule has 7 aliphatic rings. The molecule has 0 saturated heterocycles. The van der Waals surface area contributed by atoms with Crippen LogP contribution in [0.1, 0.15) is 100 Å². The monoisotopic (exact) mass is 546 g/mol. The van der Waals surface area contributed by atoms with Gasteiger partial charge in [-0.05, 0) is 129 Å². The third kappa shape index (κ3) is 4.43. The first kappa shape index (κ1) is 26.0. The van der Waals surface area contributed by atoms with Gasteiger partial charge in [-0.1, -0.05) is 112 Å². The van der Waals surface area contributed by atoms with Crippen molar-refractivity contribution in [1.29, 1.82) is 0 Å². The number of benzene rings is 1. The molecule has 0 spiro atoms. The van der Waals surface area contributed by atoms with Crippen molar-refractivity contribution in [3.63, 3.8) is 0 Å². The molecule has 0 aliphatic heterocycles. The zero-order valence-corrected chi connectivity index (χ0v) is 25.5. The predicted octanol–water partition coefficient (Wildman–Crippen LogP) is 11.5. The highest BCUT2D eigenvalue weighted by Gasteiger charge is 2.36. The maximum atomic E-state index is 2.56. The van der Waals surface area contributed by atoms with Gasteiger partial charge in [0.2, 0.25) is 0 Å². The van der Waals surface area contributed by atoms with Gasteiger partial charge in [-0.15, -0.1) is 0 Å². The minimum atomic E-state index is 0.173. The maximum absolute atomic E-state index is 2.56. The van der Waals surface area contributed by atoms with Gasteiger partial charge in [0, 0.05) is 11.8 Å². The van der Waals surface area contributed by atoms with Crippen LogP contribution >= 0.6 is 0 Å². The average molecular weight is 547 g/mol. The predicted molar refractivity (Wildman–Crippen MR) is 180 cm³/mol. The molecule has 1 aromatic carbocycles. The SMILES string of the molecule is CC(C)(C)C1=CC2C=Cc3ccc(C4=CC5=C(C=C(C6=CC=C(C7=CC=CCC7)CC6)CC5)CC4)c4c3C2C(=C1)C=C4. The molecule has 0 bridgehead atoms. The minimum Gasteiger partial charge on any atom is -0.0842 e. The molecule has 42 heavy (non-hydrogen) atoms. The van der Waals surface area contributed by atoms with E-state index in [2.05, 4.69) is 112 Å². The van der Waals surface area contributed by atoms with Gasteiger partial charge in [0.05, 0.1) is 0 Å². The maximum Gasteiger partial charge on any atom is 0.0199 e. The zero-order chi connectivity index (χ0) is 28.4. The van der Waals surface area contributed by atoms with Crippen molar-refractivity contribution in [3.05, 3.63) is 146 Å². The van der Waals surface area contributed by atoms with Gasteiger partial charge in [0.1, 0.15) is 0 Å². The van der Waals surface area contributed by atoms with Crippen LogP contribution in [0.5, 0.6) is 0 Å². The van der Waals surface area contributed by atoms with Crippen LogP contribution in [0.25, 0.3) is 17.7 Å². The van der Waals surface area contributed by atoms with E-state index in [1.165, 1.54) is 71.9 Å². The lowest BCUT2D eigenvalue weighted by Gasteiger charge is -2.39. The van der Waals surface area contributed by atoms with Crippen LogP contribution in [0.2, 0.25) is 0 Å². The highest BCUT2D eigenvalue weighted by Crippen LogP contribution is 2.52. The van der Waals surface area contributed by atoms with E-state index in [0.29, 0.717) is 11.8 Å². The van der Waals surface area contributed by atoms with Crippen molar-refractivity contribution in [2.75, 3.05) is 0 Å². The van der Waals surface area contributed by atoms with Gasteiger partial charge in [-0.2, -0.15) is 0 Å². The number of hydrogen-bond acceptors (Lipinski definition) is 0.